The molecule has 3 nitrogen and oxygen atoms in total. The van der Waals surface area contributed by atoms with Crippen LogP contribution in [-0.2, 0) is 4.74 Å². The predicted octanol–water partition coefficient (Wildman–Crippen LogP) is 1.22. The molecule has 0 saturated carbocycles. The second-order valence-electron chi connectivity index (χ2n) is 3.40. The molecule has 0 saturated heterocycles. The van der Waals surface area contributed by atoms with Gasteiger partial charge in [-0.3, -0.25) is 5.41 Å². The zero-order valence-electron chi connectivity index (χ0n) is 7.43. The van der Waals surface area contributed by atoms with E-state index in [1.54, 1.807) is 6.08 Å². The molecule has 0 spiro atoms. The molecule has 0 unspecified atom stereocenters. The number of nitrogens with zero attached hydrogens (tertiary/aromatic N) is 1. The lowest BCUT2D eigenvalue weighted by atomic mass is 10.1. The molecule has 0 aromatic rings. The first-order chi connectivity index (χ1) is 4.93. The summed E-state index contributed by atoms with van der Waals surface area (Å²) in [6.45, 7) is 3.92. The number of ether oxygens (including phenoxy) is 1. The minimum Gasteiger partial charge on any atom is -0.466 e. The Balaban J connectivity index is 2.92. The predicted molar refractivity (Wildman–Crippen MR) is 44.7 cm³/mol. The van der Waals surface area contributed by atoms with Gasteiger partial charge in [0.2, 0.25) is 5.90 Å². The van der Waals surface area contributed by atoms with Crippen molar-refractivity contribution in [3.8, 4) is 0 Å². The fourth-order valence-corrected chi connectivity index (χ4v) is 1.32. The van der Waals surface area contributed by atoms with Crippen molar-refractivity contribution in [2.45, 2.75) is 19.4 Å². The zero-order chi connectivity index (χ0) is 8.65. The van der Waals surface area contributed by atoms with Gasteiger partial charge in [-0.25, -0.2) is 0 Å². The van der Waals surface area contributed by atoms with E-state index < -0.39 is 0 Å². The average molecular weight is 154 g/mol. The highest BCUT2D eigenvalue weighted by molar-refractivity contribution is 5.88. The second kappa shape index (κ2) is 2.26. The molecule has 0 aromatic carbocycles. The Labute approximate surface area is 67.2 Å². The van der Waals surface area contributed by atoms with E-state index in [2.05, 4.69) is 0 Å². The van der Waals surface area contributed by atoms with Crippen LogP contribution < -0.4 is 0 Å². The molecule has 3 heteroatoms. The third kappa shape index (κ3) is 1.37. The summed E-state index contributed by atoms with van der Waals surface area (Å²) in [6.07, 6.45) is 1.75. The summed E-state index contributed by atoms with van der Waals surface area (Å²) >= 11 is 0. The Morgan fingerprint density at radius 2 is 2.00 bits per heavy atom. The first-order valence-corrected chi connectivity index (χ1v) is 3.60. The van der Waals surface area contributed by atoms with Crippen LogP contribution >= 0.6 is 0 Å². The van der Waals surface area contributed by atoms with Gasteiger partial charge in [0.15, 0.2) is 0 Å². The maximum atomic E-state index is 7.30. The van der Waals surface area contributed by atoms with Crippen LogP contribution in [0.3, 0.4) is 0 Å². The number of hydrogen-bond acceptors (Lipinski definition) is 3. The molecule has 0 radical (unpaired) electrons. The maximum Gasteiger partial charge on any atom is 0.208 e. The van der Waals surface area contributed by atoms with Crippen LogP contribution in [-0.4, -0.2) is 30.5 Å². The van der Waals surface area contributed by atoms with Gasteiger partial charge in [-0.05, 0) is 13.8 Å². The normalized spacial score (nSPS) is 21.1. The second-order valence-corrected chi connectivity index (χ2v) is 3.40. The molecule has 1 aliphatic rings. The van der Waals surface area contributed by atoms with Crippen LogP contribution in [0.2, 0.25) is 0 Å². The molecular weight excluding hydrogens is 140 g/mol. The van der Waals surface area contributed by atoms with Crippen molar-refractivity contribution < 1.29 is 4.74 Å². The highest BCUT2D eigenvalue weighted by Crippen LogP contribution is 2.28. The minimum atomic E-state index is -0.333. The molecule has 62 valence electrons. The molecule has 0 aliphatic carbocycles. The highest BCUT2D eigenvalue weighted by Gasteiger charge is 2.33. The first-order valence-electron chi connectivity index (χ1n) is 3.60. The third-order valence-electron chi connectivity index (χ3n) is 1.73. The summed E-state index contributed by atoms with van der Waals surface area (Å²) in [7, 11) is 3.91. The average Bonchev–Trinajstić information content (AvgIpc) is 2.04. The molecule has 1 aliphatic heterocycles. The zero-order valence-corrected chi connectivity index (χ0v) is 7.43. The van der Waals surface area contributed by atoms with Crippen LogP contribution in [0.1, 0.15) is 13.8 Å². The van der Waals surface area contributed by atoms with Gasteiger partial charge in [0, 0.05) is 20.2 Å². The van der Waals surface area contributed by atoms with Gasteiger partial charge in [-0.1, -0.05) is 0 Å². The van der Waals surface area contributed by atoms with Gasteiger partial charge in [0.25, 0.3) is 0 Å². The summed E-state index contributed by atoms with van der Waals surface area (Å²) in [5, 5.41) is 7.30. The van der Waals surface area contributed by atoms with Crippen LogP contribution in [0.4, 0.5) is 0 Å². The van der Waals surface area contributed by atoms with Gasteiger partial charge < -0.3 is 9.64 Å². The Bertz CT molecular complexity index is 216. The van der Waals surface area contributed by atoms with Crippen LogP contribution in [0.25, 0.3) is 0 Å². The van der Waals surface area contributed by atoms with Crippen molar-refractivity contribution in [1.29, 1.82) is 5.41 Å². The molecule has 0 bridgehead atoms. The topological polar surface area (TPSA) is 36.3 Å². The molecule has 0 aromatic heterocycles. The molecule has 1 heterocycles. The van der Waals surface area contributed by atoms with E-state index in [-0.39, 0.29) is 11.5 Å². The van der Waals surface area contributed by atoms with Gasteiger partial charge >= 0.3 is 0 Å². The van der Waals surface area contributed by atoms with Crippen LogP contribution in [0.15, 0.2) is 11.8 Å². The fraction of sp³-hybridized carbons (Fsp3) is 0.625. The standard InChI is InChI=1S/C8H14N2O/c1-8(2)6(10(3)4)5-7(9)11-8/h5,9H,1-4H3. The van der Waals surface area contributed by atoms with E-state index in [1.807, 2.05) is 32.8 Å². The van der Waals surface area contributed by atoms with E-state index in [9.17, 15) is 0 Å². The van der Waals surface area contributed by atoms with Crippen molar-refractivity contribution in [1.82, 2.24) is 4.90 Å². The van der Waals surface area contributed by atoms with Gasteiger partial charge in [-0.15, -0.1) is 0 Å². The number of nitrogens with one attached hydrogen (secondary N) is 1. The van der Waals surface area contributed by atoms with E-state index in [4.69, 9.17) is 10.1 Å². The van der Waals surface area contributed by atoms with Gasteiger partial charge in [0.1, 0.15) is 5.60 Å². The third-order valence-corrected chi connectivity index (χ3v) is 1.73. The lowest BCUT2D eigenvalue weighted by Gasteiger charge is -2.26. The number of hydrogen-bond donors (Lipinski definition) is 1. The van der Waals surface area contributed by atoms with E-state index >= 15 is 0 Å². The monoisotopic (exact) mass is 154 g/mol. The van der Waals surface area contributed by atoms with Gasteiger partial charge in [0.05, 0.1) is 5.70 Å². The summed E-state index contributed by atoms with van der Waals surface area (Å²) in [4.78, 5) is 1.97. The van der Waals surface area contributed by atoms with Crippen molar-refractivity contribution in [3.05, 3.63) is 11.8 Å². The van der Waals surface area contributed by atoms with E-state index in [1.165, 1.54) is 0 Å². The Kier molecular flexibility index (Phi) is 1.66. The Hall–Kier alpha value is -0.990. The molecule has 0 amide bonds. The lowest BCUT2D eigenvalue weighted by molar-refractivity contribution is 0.123. The Morgan fingerprint density at radius 3 is 2.18 bits per heavy atom. The summed E-state index contributed by atoms with van der Waals surface area (Å²) < 4.78 is 5.27. The summed E-state index contributed by atoms with van der Waals surface area (Å²) in [5.41, 5.74) is 0.711. The van der Waals surface area contributed by atoms with E-state index in [0.29, 0.717) is 0 Å². The molecule has 0 atom stereocenters. The molecule has 1 rings (SSSR count). The maximum absolute atomic E-state index is 7.30. The Morgan fingerprint density at radius 1 is 1.45 bits per heavy atom. The number of likely N-dealkylation sites (N-methyl/N-ethyl adjacent to an activating group) is 1. The fourth-order valence-electron chi connectivity index (χ4n) is 1.32. The van der Waals surface area contributed by atoms with Crippen LogP contribution in [0, 0.1) is 5.41 Å². The largest absolute Gasteiger partial charge is 0.466 e. The smallest absolute Gasteiger partial charge is 0.208 e. The van der Waals surface area contributed by atoms with Crippen molar-refractivity contribution in [3.63, 3.8) is 0 Å². The first kappa shape index (κ1) is 8.11. The lowest BCUT2D eigenvalue weighted by Crippen LogP contribution is -2.30. The summed E-state index contributed by atoms with van der Waals surface area (Å²) in [5.74, 6) is 0.249. The van der Waals surface area contributed by atoms with Gasteiger partial charge in [-0.2, -0.15) is 0 Å². The summed E-state index contributed by atoms with van der Waals surface area (Å²) in [6, 6.07) is 0. The number of rotatable bonds is 1. The van der Waals surface area contributed by atoms with Crippen LogP contribution in [0.5, 0.6) is 0 Å². The quantitative estimate of drug-likeness (QED) is 0.616. The van der Waals surface area contributed by atoms with Crippen molar-refractivity contribution in [2.24, 2.45) is 0 Å². The van der Waals surface area contributed by atoms with E-state index in [0.717, 1.165) is 5.70 Å². The molecule has 1 N–H and O–H groups in total. The minimum absolute atomic E-state index is 0.249. The molecular formula is C8H14N2O. The molecule has 0 fully saturated rings. The van der Waals surface area contributed by atoms with Crippen molar-refractivity contribution >= 4 is 5.90 Å². The van der Waals surface area contributed by atoms with Crippen molar-refractivity contribution in [2.75, 3.05) is 14.1 Å². The molecule has 11 heavy (non-hydrogen) atoms. The SMILES string of the molecule is CN(C)C1=CC(=N)OC1(C)C. The highest BCUT2D eigenvalue weighted by atomic mass is 16.5.